The molecule has 1 heterocycles. The molecule has 0 radical (unpaired) electrons. The number of hydrogen-bond acceptors (Lipinski definition) is 4. The quantitative estimate of drug-likeness (QED) is 0.595. The lowest BCUT2D eigenvalue weighted by Crippen LogP contribution is -2.00. The summed E-state index contributed by atoms with van der Waals surface area (Å²) in [7, 11) is 0. The highest BCUT2D eigenvalue weighted by Gasteiger charge is 2.06. The monoisotopic (exact) mass is 373 g/mol. The van der Waals surface area contributed by atoms with Gasteiger partial charge in [0.15, 0.2) is 0 Å². The number of pyridine rings is 1. The molecule has 138 valence electrons. The normalized spacial score (nSPS) is 12.2. The Balaban J connectivity index is 1.98. The lowest BCUT2D eigenvalue weighted by Gasteiger charge is -2.10. The van der Waals surface area contributed by atoms with Gasteiger partial charge in [0.05, 0.1) is 23.0 Å². The van der Waals surface area contributed by atoms with Gasteiger partial charge in [-0.1, -0.05) is 30.7 Å². The summed E-state index contributed by atoms with van der Waals surface area (Å²) < 4.78 is 11.2. The molecule has 0 aliphatic rings. The van der Waals surface area contributed by atoms with Crippen molar-refractivity contribution in [1.82, 2.24) is 4.98 Å². The zero-order valence-corrected chi connectivity index (χ0v) is 16.1. The summed E-state index contributed by atoms with van der Waals surface area (Å²) in [5.74, 6) is 1.68. The number of rotatable bonds is 9. The van der Waals surface area contributed by atoms with Gasteiger partial charge in [-0.05, 0) is 50.1 Å². The number of benzene rings is 1. The van der Waals surface area contributed by atoms with Crippen molar-refractivity contribution in [2.24, 2.45) is 5.92 Å². The maximum absolute atomic E-state index is 11.1. The Morgan fingerprint density at radius 2 is 2.08 bits per heavy atom. The molecule has 26 heavy (non-hydrogen) atoms. The maximum atomic E-state index is 11.1. The lowest BCUT2D eigenvalue weighted by molar-refractivity contribution is -0.117. The number of Topliss-reactive ketones (excluding diaryl/α,β-unsaturated/α-hetero) is 1. The minimum absolute atomic E-state index is 0.185. The van der Waals surface area contributed by atoms with Gasteiger partial charge in [-0.25, -0.2) is 4.98 Å². The molecule has 0 saturated carbocycles. The first-order valence-corrected chi connectivity index (χ1v) is 9.04. The van der Waals surface area contributed by atoms with Crippen LogP contribution in [0.25, 0.3) is 6.08 Å². The van der Waals surface area contributed by atoms with Gasteiger partial charge in [-0.3, -0.25) is 0 Å². The molecule has 0 fully saturated rings. The largest absolute Gasteiger partial charge is 0.494 e. The van der Waals surface area contributed by atoms with Gasteiger partial charge in [0, 0.05) is 12.5 Å². The fraction of sp³-hybridized carbons (Fsp3) is 0.333. The van der Waals surface area contributed by atoms with E-state index in [0.29, 0.717) is 30.4 Å². The van der Waals surface area contributed by atoms with E-state index in [1.54, 1.807) is 19.1 Å². The van der Waals surface area contributed by atoms with Crippen LogP contribution in [0.3, 0.4) is 0 Å². The fourth-order valence-corrected chi connectivity index (χ4v) is 2.69. The topological polar surface area (TPSA) is 48.4 Å². The number of nitrogens with zero attached hydrogens (tertiary/aromatic N) is 1. The standard InChI is InChI=1S/C21H24ClNO3/c1-4-25-19-10-11-21(20(22)13-19)26-14-18-7-5-6-17(23-18)9-8-15(2)12-16(3)24/h5-11,13,15H,4,12,14H2,1-3H3/b9-8+/t15-/m0/s1. The van der Waals surface area contributed by atoms with Crippen LogP contribution >= 0.6 is 11.6 Å². The average Bonchev–Trinajstić information content (AvgIpc) is 2.59. The van der Waals surface area contributed by atoms with Crippen molar-refractivity contribution in [1.29, 1.82) is 0 Å². The third-order valence-electron chi connectivity index (χ3n) is 3.62. The van der Waals surface area contributed by atoms with Crippen molar-refractivity contribution in [3.05, 3.63) is 58.9 Å². The van der Waals surface area contributed by atoms with Gasteiger partial charge in [0.2, 0.25) is 0 Å². The van der Waals surface area contributed by atoms with E-state index < -0.39 is 0 Å². The van der Waals surface area contributed by atoms with E-state index in [1.165, 1.54) is 0 Å². The Bertz CT molecular complexity index is 774. The Labute approximate surface area is 159 Å². The molecular formula is C21H24ClNO3. The van der Waals surface area contributed by atoms with Crippen LogP contribution in [0.4, 0.5) is 0 Å². The van der Waals surface area contributed by atoms with Crippen molar-refractivity contribution in [2.75, 3.05) is 6.61 Å². The number of hydrogen-bond donors (Lipinski definition) is 0. The van der Waals surface area contributed by atoms with Gasteiger partial charge in [-0.2, -0.15) is 0 Å². The molecule has 1 aromatic heterocycles. The zero-order valence-electron chi connectivity index (χ0n) is 15.4. The number of aromatic nitrogens is 1. The number of ether oxygens (including phenoxy) is 2. The molecule has 4 nitrogen and oxygen atoms in total. The number of carbonyl (C=O) groups is 1. The van der Waals surface area contributed by atoms with Gasteiger partial charge in [-0.15, -0.1) is 0 Å². The molecule has 0 aliphatic carbocycles. The van der Waals surface area contributed by atoms with Gasteiger partial charge in [0.1, 0.15) is 23.9 Å². The Hall–Kier alpha value is -2.33. The molecule has 2 rings (SSSR count). The van der Waals surface area contributed by atoms with Crippen molar-refractivity contribution in [3.63, 3.8) is 0 Å². The van der Waals surface area contributed by atoms with Gasteiger partial charge in [0.25, 0.3) is 0 Å². The molecule has 1 atom stereocenters. The molecule has 1 aromatic carbocycles. The van der Waals surface area contributed by atoms with Crippen LogP contribution < -0.4 is 9.47 Å². The van der Waals surface area contributed by atoms with E-state index in [1.807, 2.05) is 50.3 Å². The van der Waals surface area contributed by atoms with Gasteiger partial charge < -0.3 is 14.3 Å². The molecular weight excluding hydrogens is 350 g/mol. The van der Waals surface area contributed by atoms with Gasteiger partial charge >= 0.3 is 0 Å². The SMILES string of the molecule is CCOc1ccc(OCc2cccc(/C=C/[C@H](C)CC(C)=O)n2)c(Cl)c1. The van der Waals surface area contributed by atoms with Crippen LogP contribution in [0.15, 0.2) is 42.5 Å². The maximum Gasteiger partial charge on any atom is 0.138 e. The predicted octanol–water partition coefficient (Wildman–Crippen LogP) is 5.34. The lowest BCUT2D eigenvalue weighted by atomic mass is 10.0. The second-order valence-electron chi connectivity index (χ2n) is 6.11. The van der Waals surface area contributed by atoms with E-state index in [0.717, 1.165) is 17.1 Å². The van der Waals surface area contributed by atoms with Crippen LogP contribution in [0.5, 0.6) is 11.5 Å². The third-order valence-corrected chi connectivity index (χ3v) is 3.92. The van der Waals surface area contributed by atoms with Crippen molar-refractivity contribution in [3.8, 4) is 11.5 Å². The summed E-state index contributed by atoms with van der Waals surface area (Å²) in [4.78, 5) is 15.7. The van der Waals surface area contributed by atoms with Crippen LogP contribution in [0, 0.1) is 5.92 Å². The summed E-state index contributed by atoms with van der Waals surface area (Å²) in [6.07, 6.45) is 4.47. The molecule has 0 spiro atoms. The molecule has 5 heteroatoms. The van der Waals surface area contributed by atoms with Crippen LogP contribution in [0.2, 0.25) is 5.02 Å². The highest BCUT2D eigenvalue weighted by atomic mass is 35.5. The van der Waals surface area contributed by atoms with E-state index in [9.17, 15) is 4.79 Å². The van der Waals surface area contributed by atoms with E-state index in [4.69, 9.17) is 21.1 Å². The highest BCUT2D eigenvalue weighted by Crippen LogP contribution is 2.29. The first-order chi connectivity index (χ1) is 12.5. The Morgan fingerprint density at radius 1 is 1.27 bits per heavy atom. The second-order valence-corrected chi connectivity index (χ2v) is 6.52. The van der Waals surface area contributed by atoms with Crippen LogP contribution in [0.1, 0.15) is 38.6 Å². The van der Waals surface area contributed by atoms with E-state index >= 15 is 0 Å². The number of carbonyl (C=O) groups excluding carboxylic acids is 1. The van der Waals surface area contributed by atoms with Crippen molar-refractivity contribution >= 4 is 23.5 Å². The summed E-state index contributed by atoms with van der Waals surface area (Å²) in [5, 5.41) is 0.505. The Kier molecular flexibility index (Phi) is 7.67. The summed E-state index contributed by atoms with van der Waals surface area (Å²) in [6.45, 7) is 6.45. The number of halogens is 1. The highest BCUT2D eigenvalue weighted by molar-refractivity contribution is 6.32. The molecule has 0 saturated heterocycles. The second kappa shape index (κ2) is 9.97. The Morgan fingerprint density at radius 3 is 2.77 bits per heavy atom. The van der Waals surface area contributed by atoms with Crippen LogP contribution in [-0.2, 0) is 11.4 Å². The summed E-state index contributed by atoms with van der Waals surface area (Å²) in [6, 6.07) is 11.1. The molecule has 0 N–H and O–H groups in total. The molecule has 0 unspecified atom stereocenters. The molecule has 0 amide bonds. The van der Waals surface area contributed by atoms with E-state index in [-0.39, 0.29) is 11.7 Å². The number of ketones is 1. The fourth-order valence-electron chi connectivity index (χ4n) is 2.46. The molecule has 0 bridgehead atoms. The van der Waals surface area contributed by atoms with E-state index in [2.05, 4.69) is 4.98 Å². The minimum atomic E-state index is 0.185. The zero-order chi connectivity index (χ0) is 18.9. The smallest absolute Gasteiger partial charge is 0.138 e. The van der Waals surface area contributed by atoms with Crippen molar-refractivity contribution < 1.29 is 14.3 Å². The minimum Gasteiger partial charge on any atom is -0.494 e. The average molecular weight is 374 g/mol. The molecule has 0 aliphatic heterocycles. The molecule has 2 aromatic rings. The summed E-state index contributed by atoms with van der Waals surface area (Å²) in [5.41, 5.74) is 1.63. The van der Waals surface area contributed by atoms with Crippen LogP contribution in [-0.4, -0.2) is 17.4 Å². The number of allylic oxidation sites excluding steroid dienone is 1. The van der Waals surface area contributed by atoms with Crippen molar-refractivity contribution in [2.45, 2.75) is 33.8 Å². The summed E-state index contributed by atoms with van der Waals surface area (Å²) >= 11 is 6.22. The predicted molar refractivity (Wildman–Crippen MR) is 105 cm³/mol. The first kappa shape index (κ1) is 20.0. The third kappa shape index (κ3) is 6.52. The first-order valence-electron chi connectivity index (χ1n) is 8.66.